The Morgan fingerprint density at radius 3 is 2.83 bits per heavy atom. The molecule has 0 spiro atoms. The van der Waals surface area contributed by atoms with Gasteiger partial charge in [-0.25, -0.2) is 14.5 Å². The lowest BCUT2D eigenvalue weighted by Gasteiger charge is -2.23. The highest BCUT2D eigenvalue weighted by Crippen LogP contribution is 2.29. The van der Waals surface area contributed by atoms with E-state index in [0.717, 1.165) is 24.8 Å². The van der Waals surface area contributed by atoms with Crippen LogP contribution < -0.4 is 0 Å². The quantitative estimate of drug-likeness (QED) is 0.796. The van der Waals surface area contributed by atoms with Crippen LogP contribution in [0.15, 0.2) is 36.8 Å². The van der Waals surface area contributed by atoms with Crippen LogP contribution in [0.25, 0.3) is 22.3 Å². The smallest absolute Gasteiger partial charge is 0.336 e. The number of fused-ring (bicyclic) bond motifs is 1. The molecule has 122 valence electrons. The molecule has 0 radical (unpaired) electrons. The number of aromatic carboxylic acids is 1. The molecule has 1 N–H and O–H groups in total. The van der Waals surface area contributed by atoms with Gasteiger partial charge in [-0.05, 0) is 37.5 Å². The third-order valence-corrected chi connectivity index (χ3v) is 4.20. The molecule has 7 heteroatoms. The van der Waals surface area contributed by atoms with Gasteiger partial charge in [0.2, 0.25) is 0 Å². The Labute approximate surface area is 137 Å². The zero-order valence-electron chi connectivity index (χ0n) is 12.9. The van der Waals surface area contributed by atoms with Crippen molar-refractivity contribution in [1.82, 2.24) is 19.7 Å². The summed E-state index contributed by atoms with van der Waals surface area (Å²) in [5.41, 5.74) is 2.12. The molecular weight excluding hydrogens is 308 g/mol. The van der Waals surface area contributed by atoms with Gasteiger partial charge >= 0.3 is 5.97 Å². The maximum atomic E-state index is 11.7. The molecule has 1 unspecified atom stereocenters. The summed E-state index contributed by atoms with van der Waals surface area (Å²) >= 11 is 0. The van der Waals surface area contributed by atoms with Crippen LogP contribution in [0.4, 0.5) is 0 Å². The van der Waals surface area contributed by atoms with Crippen molar-refractivity contribution in [3.05, 3.63) is 42.4 Å². The Bertz CT molecular complexity index is 885. The van der Waals surface area contributed by atoms with Crippen LogP contribution in [0.1, 0.15) is 35.8 Å². The minimum absolute atomic E-state index is 0.189. The second kappa shape index (κ2) is 6.01. The van der Waals surface area contributed by atoms with E-state index in [-0.39, 0.29) is 11.8 Å². The van der Waals surface area contributed by atoms with E-state index in [1.165, 1.54) is 0 Å². The fraction of sp³-hybridized carbons (Fsp3) is 0.294. The fourth-order valence-electron chi connectivity index (χ4n) is 2.99. The van der Waals surface area contributed by atoms with Crippen LogP contribution in [-0.4, -0.2) is 37.4 Å². The molecule has 3 aromatic heterocycles. The number of carboxylic acid groups (broad SMARTS) is 1. The van der Waals surface area contributed by atoms with E-state index in [0.29, 0.717) is 23.3 Å². The van der Waals surface area contributed by atoms with Crippen molar-refractivity contribution < 1.29 is 14.6 Å². The van der Waals surface area contributed by atoms with Crippen molar-refractivity contribution in [2.24, 2.45) is 0 Å². The van der Waals surface area contributed by atoms with Crippen molar-refractivity contribution in [2.75, 3.05) is 6.61 Å². The molecule has 24 heavy (non-hydrogen) atoms. The lowest BCUT2D eigenvalue weighted by Crippen LogP contribution is -2.19. The highest BCUT2D eigenvalue weighted by atomic mass is 16.5. The molecule has 7 nitrogen and oxygen atoms in total. The first-order chi connectivity index (χ1) is 11.7. The Hall–Kier alpha value is -2.80. The summed E-state index contributed by atoms with van der Waals surface area (Å²) in [5, 5.41) is 14.4. The van der Waals surface area contributed by atoms with Gasteiger partial charge in [-0.15, -0.1) is 0 Å². The van der Waals surface area contributed by atoms with Gasteiger partial charge in [0.25, 0.3) is 0 Å². The van der Waals surface area contributed by atoms with Crippen LogP contribution in [0.2, 0.25) is 0 Å². The lowest BCUT2D eigenvalue weighted by molar-refractivity contribution is -0.0370. The maximum Gasteiger partial charge on any atom is 0.336 e. The Morgan fingerprint density at radius 1 is 1.29 bits per heavy atom. The standard InChI is InChI=1S/C17H16N4O3/c22-17(23)12-9-14(11-4-6-18-7-5-11)20-16-13(12)10-19-21(16)15-3-1-2-8-24-15/h4-7,9-10,15H,1-3,8H2,(H,22,23). The fourth-order valence-corrected chi connectivity index (χ4v) is 2.99. The minimum atomic E-state index is -0.998. The average molecular weight is 324 g/mol. The van der Waals surface area contributed by atoms with Gasteiger partial charge in [0.15, 0.2) is 11.9 Å². The molecule has 0 aromatic carbocycles. The molecule has 1 aliphatic heterocycles. The number of hydrogen-bond acceptors (Lipinski definition) is 5. The van der Waals surface area contributed by atoms with Gasteiger partial charge in [-0.1, -0.05) is 0 Å². The summed E-state index contributed by atoms with van der Waals surface area (Å²) in [6.45, 7) is 0.682. The van der Waals surface area contributed by atoms with Gasteiger partial charge in [0.05, 0.1) is 22.8 Å². The third kappa shape index (κ3) is 2.52. The maximum absolute atomic E-state index is 11.7. The number of ether oxygens (including phenoxy) is 1. The van der Waals surface area contributed by atoms with Crippen molar-refractivity contribution in [1.29, 1.82) is 0 Å². The first-order valence-electron chi connectivity index (χ1n) is 7.87. The van der Waals surface area contributed by atoms with Gasteiger partial charge in [0, 0.05) is 24.6 Å². The lowest BCUT2D eigenvalue weighted by atomic mass is 10.1. The summed E-state index contributed by atoms with van der Waals surface area (Å²) in [7, 11) is 0. The monoisotopic (exact) mass is 324 g/mol. The van der Waals surface area contributed by atoms with E-state index in [4.69, 9.17) is 4.74 Å². The Morgan fingerprint density at radius 2 is 2.12 bits per heavy atom. The van der Waals surface area contributed by atoms with Gasteiger partial charge in [0.1, 0.15) is 0 Å². The molecule has 1 fully saturated rings. The number of hydrogen-bond donors (Lipinski definition) is 1. The van der Waals surface area contributed by atoms with E-state index in [2.05, 4.69) is 15.1 Å². The summed E-state index contributed by atoms with van der Waals surface area (Å²) in [6.07, 6.45) is 7.61. The first kappa shape index (κ1) is 14.8. The minimum Gasteiger partial charge on any atom is -0.478 e. The van der Waals surface area contributed by atoms with Gasteiger partial charge in [-0.3, -0.25) is 4.98 Å². The average Bonchev–Trinajstić information content (AvgIpc) is 3.06. The molecule has 3 aromatic rings. The largest absolute Gasteiger partial charge is 0.478 e. The summed E-state index contributed by atoms with van der Waals surface area (Å²) in [6, 6.07) is 5.18. The van der Waals surface area contributed by atoms with E-state index in [1.807, 2.05) is 0 Å². The molecule has 1 saturated heterocycles. The third-order valence-electron chi connectivity index (χ3n) is 4.20. The van der Waals surface area contributed by atoms with Gasteiger partial charge < -0.3 is 9.84 Å². The Kier molecular flexibility index (Phi) is 3.70. The summed E-state index contributed by atoms with van der Waals surface area (Å²) < 4.78 is 7.48. The molecule has 4 rings (SSSR count). The van der Waals surface area contributed by atoms with Crippen molar-refractivity contribution in [2.45, 2.75) is 25.5 Å². The van der Waals surface area contributed by atoms with E-state index in [9.17, 15) is 9.90 Å². The van der Waals surface area contributed by atoms with E-state index >= 15 is 0 Å². The SMILES string of the molecule is O=C(O)c1cc(-c2ccncc2)nc2c1cnn2C1CCCCO1. The van der Waals surface area contributed by atoms with Crippen LogP contribution in [0, 0.1) is 0 Å². The number of carbonyl (C=O) groups is 1. The van der Waals surface area contributed by atoms with Crippen LogP contribution >= 0.6 is 0 Å². The number of nitrogens with zero attached hydrogens (tertiary/aromatic N) is 4. The number of aromatic nitrogens is 4. The number of rotatable bonds is 3. The second-order valence-electron chi connectivity index (χ2n) is 5.74. The molecule has 0 amide bonds. The molecule has 0 saturated carbocycles. The molecular formula is C17H16N4O3. The van der Waals surface area contributed by atoms with Gasteiger partial charge in [-0.2, -0.15) is 5.10 Å². The van der Waals surface area contributed by atoms with Crippen molar-refractivity contribution in [3.63, 3.8) is 0 Å². The molecule has 0 aliphatic carbocycles. The molecule has 1 atom stereocenters. The topological polar surface area (TPSA) is 90.1 Å². The highest BCUT2D eigenvalue weighted by molar-refractivity contribution is 6.02. The van der Waals surface area contributed by atoms with E-state index in [1.54, 1.807) is 41.5 Å². The summed E-state index contributed by atoms with van der Waals surface area (Å²) in [5.74, 6) is -0.998. The zero-order chi connectivity index (χ0) is 16.5. The molecule has 0 bridgehead atoms. The highest BCUT2D eigenvalue weighted by Gasteiger charge is 2.22. The van der Waals surface area contributed by atoms with E-state index < -0.39 is 5.97 Å². The normalized spacial score (nSPS) is 17.9. The second-order valence-corrected chi connectivity index (χ2v) is 5.74. The number of pyridine rings is 2. The first-order valence-corrected chi connectivity index (χ1v) is 7.87. The summed E-state index contributed by atoms with van der Waals surface area (Å²) in [4.78, 5) is 20.3. The zero-order valence-corrected chi connectivity index (χ0v) is 12.9. The van der Waals surface area contributed by atoms with Crippen LogP contribution in [-0.2, 0) is 4.74 Å². The number of carboxylic acids is 1. The molecule has 1 aliphatic rings. The predicted molar refractivity (Wildman–Crippen MR) is 86.6 cm³/mol. The predicted octanol–water partition coefficient (Wildman–Crippen LogP) is 2.89. The molecule has 4 heterocycles. The van der Waals surface area contributed by atoms with Crippen LogP contribution in [0.3, 0.4) is 0 Å². The van der Waals surface area contributed by atoms with Crippen LogP contribution in [0.5, 0.6) is 0 Å². The Balaban J connectivity index is 1.91. The van der Waals surface area contributed by atoms with Crippen molar-refractivity contribution in [3.8, 4) is 11.3 Å². The van der Waals surface area contributed by atoms with Crippen molar-refractivity contribution >= 4 is 17.0 Å².